The van der Waals surface area contributed by atoms with Gasteiger partial charge in [0.1, 0.15) is 0 Å². The lowest BCUT2D eigenvalue weighted by Crippen LogP contribution is -2.30. The van der Waals surface area contributed by atoms with Crippen molar-refractivity contribution >= 4 is 45.0 Å². The summed E-state index contributed by atoms with van der Waals surface area (Å²) in [5.74, 6) is 0.325. The van der Waals surface area contributed by atoms with Crippen molar-refractivity contribution < 1.29 is 9.53 Å². The summed E-state index contributed by atoms with van der Waals surface area (Å²) in [5, 5.41) is 0.441. The van der Waals surface area contributed by atoms with Crippen LogP contribution in [0.1, 0.15) is 10.4 Å². The predicted molar refractivity (Wildman–Crippen MR) is 77.7 cm³/mol. The molecular weight excluding hydrogens is 341 g/mol. The molecular formula is C12H14BrCl2NO2. The summed E-state index contributed by atoms with van der Waals surface area (Å²) >= 11 is 14.8. The molecule has 1 aromatic carbocycles. The van der Waals surface area contributed by atoms with E-state index in [0.717, 1.165) is 4.47 Å². The highest BCUT2D eigenvalue weighted by molar-refractivity contribution is 9.10. The molecule has 3 nitrogen and oxygen atoms in total. The normalized spacial score (nSPS) is 10.4. The molecule has 0 spiro atoms. The van der Waals surface area contributed by atoms with Crippen LogP contribution >= 0.6 is 39.1 Å². The number of hydrogen-bond acceptors (Lipinski definition) is 2. The molecule has 100 valence electrons. The van der Waals surface area contributed by atoms with Crippen LogP contribution in [0.25, 0.3) is 0 Å². The molecule has 0 aliphatic carbocycles. The molecule has 1 aromatic rings. The average Bonchev–Trinajstić information content (AvgIpc) is 2.36. The maximum absolute atomic E-state index is 12.1. The second-order valence-corrected chi connectivity index (χ2v) is 5.35. The van der Waals surface area contributed by atoms with Crippen LogP contribution in [-0.4, -0.2) is 43.5 Å². The van der Waals surface area contributed by atoms with Crippen molar-refractivity contribution in [2.24, 2.45) is 0 Å². The maximum Gasteiger partial charge on any atom is 0.255 e. The first-order valence-electron chi connectivity index (χ1n) is 5.40. The Balaban J connectivity index is 2.60. The van der Waals surface area contributed by atoms with Crippen molar-refractivity contribution in [3.05, 3.63) is 33.3 Å². The number of likely N-dealkylation sites (N-methyl/N-ethyl adjacent to an activating group) is 1. The molecule has 0 N–H and O–H groups in total. The van der Waals surface area contributed by atoms with E-state index in [1.807, 2.05) is 0 Å². The van der Waals surface area contributed by atoms with Gasteiger partial charge in [0, 0.05) is 23.9 Å². The van der Waals surface area contributed by atoms with Gasteiger partial charge in [0.2, 0.25) is 0 Å². The fraction of sp³-hybridized carbons (Fsp3) is 0.417. The zero-order valence-electron chi connectivity index (χ0n) is 9.96. The number of halogens is 3. The zero-order valence-corrected chi connectivity index (χ0v) is 13.1. The second kappa shape index (κ2) is 8.00. The largest absolute Gasteiger partial charge is 0.378 e. The topological polar surface area (TPSA) is 29.5 Å². The summed E-state index contributed by atoms with van der Waals surface area (Å²) in [6, 6.07) is 5.19. The summed E-state index contributed by atoms with van der Waals surface area (Å²) in [6.07, 6.45) is 0. The van der Waals surface area contributed by atoms with Gasteiger partial charge in [0.05, 0.1) is 23.8 Å². The van der Waals surface area contributed by atoms with Crippen molar-refractivity contribution in [1.29, 1.82) is 0 Å². The molecule has 0 fully saturated rings. The van der Waals surface area contributed by atoms with Crippen molar-refractivity contribution in [1.82, 2.24) is 4.90 Å². The Morgan fingerprint density at radius 3 is 2.83 bits per heavy atom. The van der Waals surface area contributed by atoms with Gasteiger partial charge >= 0.3 is 0 Å². The summed E-state index contributed by atoms with van der Waals surface area (Å²) in [5.41, 5.74) is 0.478. The molecule has 0 aliphatic rings. The molecule has 0 saturated carbocycles. The van der Waals surface area contributed by atoms with Crippen LogP contribution in [0, 0.1) is 0 Å². The number of hydrogen-bond donors (Lipinski definition) is 0. The van der Waals surface area contributed by atoms with Gasteiger partial charge < -0.3 is 9.64 Å². The van der Waals surface area contributed by atoms with E-state index in [4.69, 9.17) is 27.9 Å². The van der Waals surface area contributed by atoms with Gasteiger partial charge in [0.15, 0.2) is 0 Å². The number of nitrogens with zero attached hydrogens (tertiary/aromatic N) is 1. The molecule has 0 radical (unpaired) electrons. The number of carbonyl (C=O) groups is 1. The van der Waals surface area contributed by atoms with E-state index >= 15 is 0 Å². The minimum atomic E-state index is -0.129. The first kappa shape index (κ1) is 15.8. The minimum absolute atomic E-state index is 0.129. The summed E-state index contributed by atoms with van der Waals surface area (Å²) in [7, 11) is 1.71. The number of ether oxygens (including phenoxy) is 1. The fourth-order valence-corrected chi connectivity index (χ4v) is 2.00. The Morgan fingerprint density at radius 2 is 2.17 bits per heavy atom. The van der Waals surface area contributed by atoms with E-state index in [0.29, 0.717) is 36.2 Å². The van der Waals surface area contributed by atoms with E-state index in [1.165, 1.54) is 0 Å². The average molecular weight is 355 g/mol. The van der Waals surface area contributed by atoms with E-state index in [1.54, 1.807) is 30.1 Å². The quantitative estimate of drug-likeness (QED) is 0.578. The predicted octanol–water partition coefficient (Wildman–Crippen LogP) is 3.43. The van der Waals surface area contributed by atoms with Crippen molar-refractivity contribution in [2.45, 2.75) is 0 Å². The number of benzene rings is 1. The standard InChI is InChI=1S/C12H14BrCl2NO2/c1-16(5-7-18-6-4-14)12(17)10-8-9(13)2-3-11(10)15/h2-3,8H,4-7H2,1H3. The first-order chi connectivity index (χ1) is 8.56. The van der Waals surface area contributed by atoms with Crippen LogP contribution in [0.5, 0.6) is 0 Å². The molecule has 0 bridgehead atoms. The highest BCUT2D eigenvalue weighted by atomic mass is 79.9. The van der Waals surface area contributed by atoms with Crippen LogP contribution in [0.15, 0.2) is 22.7 Å². The molecule has 6 heteroatoms. The Morgan fingerprint density at radius 1 is 1.44 bits per heavy atom. The number of amides is 1. The number of alkyl halides is 1. The van der Waals surface area contributed by atoms with Crippen molar-refractivity contribution in [3.8, 4) is 0 Å². The van der Waals surface area contributed by atoms with Gasteiger partial charge in [-0.15, -0.1) is 11.6 Å². The second-order valence-electron chi connectivity index (χ2n) is 3.65. The first-order valence-corrected chi connectivity index (χ1v) is 7.11. The van der Waals surface area contributed by atoms with Gasteiger partial charge in [-0.2, -0.15) is 0 Å². The minimum Gasteiger partial charge on any atom is -0.378 e. The molecule has 0 unspecified atom stereocenters. The summed E-state index contributed by atoms with van der Waals surface area (Å²) < 4.78 is 6.05. The molecule has 0 saturated heterocycles. The third-order valence-electron chi connectivity index (χ3n) is 2.30. The molecule has 1 rings (SSSR count). The van der Waals surface area contributed by atoms with Crippen LogP contribution in [-0.2, 0) is 4.74 Å². The van der Waals surface area contributed by atoms with Gasteiger partial charge in [-0.05, 0) is 18.2 Å². The zero-order chi connectivity index (χ0) is 13.5. The lowest BCUT2D eigenvalue weighted by atomic mass is 10.2. The van der Waals surface area contributed by atoms with Crippen LogP contribution in [0.4, 0.5) is 0 Å². The van der Waals surface area contributed by atoms with Gasteiger partial charge in [-0.25, -0.2) is 0 Å². The Labute approximate surface area is 125 Å². The highest BCUT2D eigenvalue weighted by Gasteiger charge is 2.15. The Kier molecular flexibility index (Phi) is 7.00. The molecule has 0 aromatic heterocycles. The van der Waals surface area contributed by atoms with E-state index in [-0.39, 0.29) is 5.91 Å². The maximum atomic E-state index is 12.1. The molecule has 18 heavy (non-hydrogen) atoms. The van der Waals surface area contributed by atoms with Gasteiger partial charge in [-0.3, -0.25) is 4.79 Å². The monoisotopic (exact) mass is 353 g/mol. The lowest BCUT2D eigenvalue weighted by Gasteiger charge is -2.18. The summed E-state index contributed by atoms with van der Waals surface area (Å²) in [4.78, 5) is 13.7. The van der Waals surface area contributed by atoms with Crippen LogP contribution < -0.4 is 0 Å². The molecule has 0 aliphatic heterocycles. The SMILES string of the molecule is CN(CCOCCCl)C(=O)c1cc(Br)ccc1Cl. The molecule has 1 amide bonds. The van der Waals surface area contributed by atoms with Crippen molar-refractivity contribution in [2.75, 3.05) is 32.7 Å². The van der Waals surface area contributed by atoms with Crippen LogP contribution in [0.3, 0.4) is 0 Å². The van der Waals surface area contributed by atoms with E-state index < -0.39 is 0 Å². The third kappa shape index (κ3) is 4.76. The summed E-state index contributed by atoms with van der Waals surface area (Å²) in [6.45, 7) is 1.44. The smallest absolute Gasteiger partial charge is 0.255 e. The van der Waals surface area contributed by atoms with Gasteiger partial charge in [0.25, 0.3) is 5.91 Å². The molecule has 0 atom stereocenters. The highest BCUT2D eigenvalue weighted by Crippen LogP contribution is 2.22. The van der Waals surface area contributed by atoms with Crippen molar-refractivity contribution in [3.63, 3.8) is 0 Å². The number of rotatable bonds is 6. The lowest BCUT2D eigenvalue weighted by molar-refractivity contribution is 0.0712. The van der Waals surface area contributed by atoms with E-state index in [2.05, 4.69) is 15.9 Å². The number of carbonyl (C=O) groups excluding carboxylic acids is 1. The third-order valence-corrected chi connectivity index (χ3v) is 3.28. The Bertz CT molecular complexity index is 415. The molecule has 0 heterocycles. The van der Waals surface area contributed by atoms with Crippen LogP contribution in [0.2, 0.25) is 5.02 Å². The fourth-order valence-electron chi connectivity index (χ4n) is 1.33. The van der Waals surface area contributed by atoms with Gasteiger partial charge in [-0.1, -0.05) is 27.5 Å². The van der Waals surface area contributed by atoms with E-state index in [9.17, 15) is 4.79 Å². The Hall–Kier alpha value is -0.290.